The fourth-order valence-electron chi connectivity index (χ4n) is 3.54. The molecule has 1 aromatic carbocycles. The molecule has 0 radical (unpaired) electrons. The van der Waals surface area contributed by atoms with Crippen molar-refractivity contribution < 1.29 is 4.21 Å². The molecule has 2 heterocycles. The van der Waals surface area contributed by atoms with E-state index < -0.39 is 10.8 Å². The average Bonchev–Trinajstić information content (AvgIpc) is 3.21. The summed E-state index contributed by atoms with van der Waals surface area (Å²) >= 11 is 0. The molecule has 3 unspecified atom stereocenters. The number of halogens is 1. The molecule has 1 N–H and O–H groups in total. The molecule has 28 heavy (non-hydrogen) atoms. The number of nitrogens with one attached hydrogen (secondary N) is 1. The Morgan fingerprint density at radius 3 is 2.82 bits per heavy atom. The first-order chi connectivity index (χ1) is 13.2. The maximum atomic E-state index is 12.3. The van der Waals surface area contributed by atoms with E-state index in [0.717, 1.165) is 31.0 Å². The summed E-state index contributed by atoms with van der Waals surface area (Å²) in [5, 5.41) is 3.39. The molecule has 8 heteroatoms. The highest BCUT2D eigenvalue weighted by Gasteiger charge is 2.28. The normalized spacial score (nSPS) is 21.1. The molecule has 1 aromatic heterocycles. The minimum atomic E-state index is -0.880. The molecule has 0 saturated carbocycles. The van der Waals surface area contributed by atoms with Gasteiger partial charge in [-0.3, -0.25) is 9.20 Å². The lowest BCUT2D eigenvalue weighted by Crippen LogP contribution is -2.49. The van der Waals surface area contributed by atoms with Crippen molar-refractivity contribution in [2.75, 3.05) is 32.4 Å². The van der Waals surface area contributed by atoms with Gasteiger partial charge in [-0.15, -0.1) is 24.0 Å². The average molecular weight is 515 g/mol. The van der Waals surface area contributed by atoms with Gasteiger partial charge in [0.1, 0.15) is 0 Å². The summed E-state index contributed by atoms with van der Waals surface area (Å²) in [4.78, 5) is 10.9. The summed E-state index contributed by atoms with van der Waals surface area (Å²) in [6, 6.07) is 10.4. The molecular weight excluding hydrogens is 485 g/mol. The molecule has 1 fully saturated rings. The lowest BCUT2D eigenvalue weighted by molar-refractivity contribution is 0.189. The predicted molar refractivity (Wildman–Crippen MR) is 127 cm³/mol. The van der Waals surface area contributed by atoms with Crippen molar-refractivity contribution in [3.63, 3.8) is 0 Å². The van der Waals surface area contributed by atoms with Crippen LogP contribution in [0, 0.1) is 5.92 Å². The Balaban J connectivity index is 0.00000280. The van der Waals surface area contributed by atoms with E-state index in [1.807, 2.05) is 56.1 Å². The molecule has 1 saturated heterocycles. The zero-order chi connectivity index (χ0) is 19.1. The lowest BCUT2D eigenvalue weighted by atomic mass is 9.93. The minimum absolute atomic E-state index is 0. The van der Waals surface area contributed by atoms with E-state index in [9.17, 15) is 4.21 Å². The smallest absolute Gasteiger partial charge is 0.193 e. The number of guanidine groups is 1. The highest BCUT2D eigenvalue weighted by Crippen LogP contribution is 2.27. The molecular formula is C20H30IN5OS. The second kappa shape index (κ2) is 11.5. The number of benzene rings is 1. The number of piperidine rings is 1. The van der Waals surface area contributed by atoms with Gasteiger partial charge in [-0.05, 0) is 17.9 Å². The summed E-state index contributed by atoms with van der Waals surface area (Å²) in [6.45, 7) is 4.85. The monoisotopic (exact) mass is 515 g/mol. The van der Waals surface area contributed by atoms with Gasteiger partial charge in [0.05, 0.1) is 12.4 Å². The summed E-state index contributed by atoms with van der Waals surface area (Å²) in [5.41, 5.74) is 1.12. The summed E-state index contributed by atoms with van der Waals surface area (Å²) in [5.74, 6) is 2.71. The first-order valence-electron chi connectivity index (χ1n) is 9.49. The van der Waals surface area contributed by atoms with E-state index in [1.165, 1.54) is 0 Å². The largest absolute Gasteiger partial charge is 0.355 e. The van der Waals surface area contributed by atoms with Crippen LogP contribution in [0.25, 0.3) is 0 Å². The van der Waals surface area contributed by atoms with E-state index in [1.54, 1.807) is 0 Å². The van der Waals surface area contributed by atoms with Crippen molar-refractivity contribution >= 4 is 40.7 Å². The molecule has 1 aliphatic rings. The van der Waals surface area contributed by atoms with Gasteiger partial charge in [-0.1, -0.05) is 37.3 Å². The lowest BCUT2D eigenvalue weighted by Gasteiger charge is -2.39. The van der Waals surface area contributed by atoms with E-state index in [-0.39, 0.29) is 24.0 Å². The zero-order valence-corrected chi connectivity index (χ0v) is 19.7. The van der Waals surface area contributed by atoms with Gasteiger partial charge in [-0.2, -0.15) is 0 Å². The van der Waals surface area contributed by atoms with Crippen LogP contribution in [0.2, 0.25) is 0 Å². The van der Waals surface area contributed by atoms with Crippen molar-refractivity contribution in [1.82, 2.24) is 19.8 Å². The van der Waals surface area contributed by atoms with Crippen LogP contribution in [-0.2, 0) is 16.6 Å². The fraction of sp³-hybridized carbons (Fsp3) is 0.500. The van der Waals surface area contributed by atoms with Gasteiger partial charge in [0.15, 0.2) is 5.96 Å². The molecule has 2 aromatic rings. The van der Waals surface area contributed by atoms with Crippen molar-refractivity contribution in [3.05, 3.63) is 54.6 Å². The Kier molecular flexibility index (Phi) is 9.43. The molecule has 6 nitrogen and oxygen atoms in total. The Morgan fingerprint density at radius 1 is 1.36 bits per heavy atom. The van der Waals surface area contributed by atoms with Crippen molar-refractivity contribution in [1.29, 1.82) is 0 Å². The quantitative estimate of drug-likeness (QED) is 0.365. The highest BCUT2D eigenvalue weighted by molar-refractivity contribution is 14.0. The first kappa shape index (κ1) is 22.9. The number of aromatic nitrogens is 2. The highest BCUT2D eigenvalue weighted by atomic mass is 127. The number of aliphatic imine (C=N–C) groups is 1. The van der Waals surface area contributed by atoms with Gasteiger partial charge in [0, 0.05) is 61.4 Å². The number of nitrogens with zero attached hydrogens (tertiary/aromatic N) is 4. The van der Waals surface area contributed by atoms with Crippen molar-refractivity contribution in [3.8, 4) is 0 Å². The summed E-state index contributed by atoms with van der Waals surface area (Å²) < 4.78 is 14.5. The van der Waals surface area contributed by atoms with Crippen LogP contribution >= 0.6 is 24.0 Å². The molecule has 3 rings (SSSR count). The molecule has 0 aliphatic carbocycles. The molecule has 3 atom stereocenters. The fourth-order valence-corrected chi connectivity index (χ4v) is 4.57. The van der Waals surface area contributed by atoms with E-state index >= 15 is 0 Å². The number of rotatable bonds is 6. The van der Waals surface area contributed by atoms with Gasteiger partial charge in [0.2, 0.25) is 0 Å². The zero-order valence-electron chi connectivity index (χ0n) is 16.5. The van der Waals surface area contributed by atoms with Crippen molar-refractivity contribution in [2.45, 2.75) is 25.1 Å². The SMILES string of the molecule is CN=C(NCCS(=O)Cc1ccccc1)N1CCC(C)C(n2ccnc2)C1.I. The van der Waals surface area contributed by atoms with E-state index in [4.69, 9.17) is 0 Å². The summed E-state index contributed by atoms with van der Waals surface area (Å²) in [7, 11) is 0.933. The van der Waals surface area contributed by atoms with Crippen LogP contribution < -0.4 is 5.32 Å². The second-order valence-electron chi connectivity index (χ2n) is 7.04. The van der Waals surface area contributed by atoms with Crippen LogP contribution in [0.4, 0.5) is 0 Å². The third-order valence-electron chi connectivity index (χ3n) is 5.12. The number of hydrogen-bond acceptors (Lipinski definition) is 3. The van der Waals surface area contributed by atoms with Crippen LogP contribution in [-0.4, -0.2) is 57.1 Å². The Labute approximate surface area is 187 Å². The van der Waals surface area contributed by atoms with Crippen LogP contribution in [0.5, 0.6) is 0 Å². The van der Waals surface area contributed by atoms with Gasteiger partial charge in [-0.25, -0.2) is 4.98 Å². The Morgan fingerprint density at radius 2 is 2.14 bits per heavy atom. The maximum Gasteiger partial charge on any atom is 0.193 e. The Bertz CT molecular complexity index is 753. The molecule has 1 aliphatic heterocycles. The minimum Gasteiger partial charge on any atom is -0.355 e. The number of hydrogen-bond donors (Lipinski definition) is 1. The van der Waals surface area contributed by atoms with Gasteiger partial charge >= 0.3 is 0 Å². The Hall–Kier alpha value is -1.42. The van der Waals surface area contributed by atoms with E-state index in [2.05, 4.69) is 31.7 Å². The standard InChI is InChI=1S/C20H29N5OS.HI/c1-17-8-11-24(14-19(17)25-12-9-22-16-25)20(21-2)23-10-13-27(26)15-18-6-4-3-5-7-18;/h3-7,9,12,16-17,19H,8,10-11,13-15H2,1-2H3,(H,21,23);1H. The van der Waals surface area contributed by atoms with Gasteiger partial charge in [0.25, 0.3) is 0 Å². The molecule has 154 valence electrons. The van der Waals surface area contributed by atoms with Crippen molar-refractivity contribution in [2.24, 2.45) is 10.9 Å². The third-order valence-corrected chi connectivity index (χ3v) is 6.44. The van der Waals surface area contributed by atoms with Crippen LogP contribution in [0.3, 0.4) is 0 Å². The molecule has 0 bridgehead atoms. The first-order valence-corrected chi connectivity index (χ1v) is 11.0. The van der Waals surface area contributed by atoms with E-state index in [0.29, 0.717) is 30.0 Å². The number of imidazole rings is 1. The molecule has 0 spiro atoms. The second-order valence-corrected chi connectivity index (χ2v) is 8.61. The summed E-state index contributed by atoms with van der Waals surface area (Å²) in [6.07, 6.45) is 6.88. The molecule has 0 amide bonds. The third kappa shape index (κ3) is 6.30. The number of likely N-dealkylation sites (tertiary alicyclic amines) is 1. The van der Waals surface area contributed by atoms with Gasteiger partial charge < -0.3 is 14.8 Å². The topological polar surface area (TPSA) is 62.5 Å². The van der Waals surface area contributed by atoms with Crippen LogP contribution in [0.15, 0.2) is 54.0 Å². The predicted octanol–water partition coefficient (Wildman–Crippen LogP) is 2.91. The maximum absolute atomic E-state index is 12.3. The van der Waals surface area contributed by atoms with Crippen LogP contribution in [0.1, 0.15) is 24.9 Å².